The molecule has 0 amide bonds. The molecule has 0 aliphatic carbocycles. The quantitative estimate of drug-likeness (QED) is 0.858. The Morgan fingerprint density at radius 2 is 2.21 bits per heavy atom. The van der Waals surface area contributed by atoms with Gasteiger partial charge in [0.15, 0.2) is 0 Å². The zero-order valence-corrected chi connectivity index (χ0v) is 10.6. The Kier molecular flexibility index (Phi) is 3.48. The molecular weight excluding hydrogens is 241 g/mol. The zero-order valence-electron chi connectivity index (χ0n) is 10.6. The number of rotatable bonds is 3. The number of hydrogen-bond acceptors (Lipinski definition) is 3. The predicted molar refractivity (Wildman–Crippen MR) is 71.7 cm³/mol. The number of benzene rings is 1. The molecule has 19 heavy (non-hydrogen) atoms. The molecule has 2 rings (SSSR count). The SMILES string of the molecule is CC(C#N)(Cc1cccnc1)c1ccc(N)cc1F. The second-order valence-electron chi connectivity index (χ2n) is 4.72. The van der Waals surface area contributed by atoms with Crippen LogP contribution < -0.4 is 5.73 Å². The molecule has 1 unspecified atom stereocenters. The van der Waals surface area contributed by atoms with Crippen LogP contribution in [0.1, 0.15) is 18.1 Å². The highest BCUT2D eigenvalue weighted by Gasteiger charge is 2.30. The van der Waals surface area contributed by atoms with Crippen molar-refractivity contribution >= 4 is 5.69 Å². The number of aromatic nitrogens is 1. The van der Waals surface area contributed by atoms with Crippen molar-refractivity contribution in [2.45, 2.75) is 18.8 Å². The van der Waals surface area contributed by atoms with Gasteiger partial charge in [-0.25, -0.2) is 4.39 Å². The molecule has 0 saturated carbocycles. The van der Waals surface area contributed by atoms with Crippen LogP contribution in [0.2, 0.25) is 0 Å². The molecule has 1 aromatic heterocycles. The summed E-state index contributed by atoms with van der Waals surface area (Å²) >= 11 is 0. The summed E-state index contributed by atoms with van der Waals surface area (Å²) in [6.07, 6.45) is 3.75. The third kappa shape index (κ3) is 2.71. The predicted octanol–water partition coefficient (Wildman–Crippen LogP) is 2.83. The van der Waals surface area contributed by atoms with Gasteiger partial charge >= 0.3 is 0 Å². The Bertz CT molecular complexity index is 619. The van der Waals surface area contributed by atoms with Gasteiger partial charge in [0.05, 0.1) is 11.5 Å². The first-order valence-electron chi connectivity index (χ1n) is 5.91. The van der Waals surface area contributed by atoms with E-state index in [1.54, 1.807) is 37.5 Å². The molecule has 4 heteroatoms. The number of halogens is 1. The Morgan fingerprint density at radius 1 is 1.42 bits per heavy atom. The molecule has 2 aromatic rings. The molecule has 0 spiro atoms. The number of nitrogens with zero attached hydrogens (tertiary/aromatic N) is 2. The fourth-order valence-corrected chi connectivity index (χ4v) is 2.08. The van der Waals surface area contributed by atoms with Crippen LogP contribution >= 0.6 is 0 Å². The Balaban J connectivity index is 2.40. The minimum Gasteiger partial charge on any atom is -0.399 e. The van der Waals surface area contributed by atoms with Crippen LogP contribution in [0, 0.1) is 17.1 Å². The van der Waals surface area contributed by atoms with Crippen LogP contribution in [-0.2, 0) is 11.8 Å². The molecule has 96 valence electrons. The molecule has 0 aliphatic rings. The highest BCUT2D eigenvalue weighted by Crippen LogP contribution is 2.30. The molecule has 1 atom stereocenters. The Hall–Kier alpha value is -2.41. The molecule has 0 saturated heterocycles. The summed E-state index contributed by atoms with van der Waals surface area (Å²) in [6, 6.07) is 10.3. The number of nitrogen functional groups attached to an aromatic ring is 1. The van der Waals surface area contributed by atoms with Gasteiger partial charge in [0.2, 0.25) is 0 Å². The topological polar surface area (TPSA) is 62.7 Å². The molecular formula is C15H14FN3. The summed E-state index contributed by atoms with van der Waals surface area (Å²) in [5.41, 5.74) is 6.18. The zero-order chi connectivity index (χ0) is 13.9. The van der Waals surface area contributed by atoms with Crippen molar-refractivity contribution in [2.75, 3.05) is 5.73 Å². The van der Waals surface area contributed by atoms with E-state index >= 15 is 0 Å². The van der Waals surface area contributed by atoms with E-state index < -0.39 is 11.2 Å². The fraction of sp³-hybridized carbons (Fsp3) is 0.200. The van der Waals surface area contributed by atoms with Crippen molar-refractivity contribution in [3.05, 3.63) is 59.7 Å². The minimum atomic E-state index is -0.944. The number of nitriles is 1. The van der Waals surface area contributed by atoms with Crippen LogP contribution in [0.5, 0.6) is 0 Å². The standard InChI is InChI=1S/C15H14FN3/c1-15(10-17,8-11-3-2-6-19-9-11)13-5-4-12(18)7-14(13)16/h2-7,9H,8,18H2,1H3. The summed E-state index contributed by atoms with van der Waals surface area (Å²) in [5.74, 6) is -0.451. The lowest BCUT2D eigenvalue weighted by atomic mass is 9.78. The fourth-order valence-electron chi connectivity index (χ4n) is 2.08. The summed E-state index contributed by atoms with van der Waals surface area (Å²) in [7, 11) is 0. The lowest BCUT2D eigenvalue weighted by molar-refractivity contribution is 0.534. The van der Waals surface area contributed by atoms with E-state index in [-0.39, 0.29) is 0 Å². The summed E-state index contributed by atoms with van der Waals surface area (Å²) in [5, 5.41) is 9.43. The van der Waals surface area contributed by atoms with Crippen LogP contribution in [-0.4, -0.2) is 4.98 Å². The maximum absolute atomic E-state index is 14.0. The van der Waals surface area contributed by atoms with Crippen LogP contribution in [0.4, 0.5) is 10.1 Å². The van der Waals surface area contributed by atoms with Crippen LogP contribution in [0.25, 0.3) is 0 Å². The van der Waals surface area contributed by atoms with E-state index in [9.17, 15) is 9.65 Å². The lowest BCUT2D eigenvalue weighted by Crippen LogP contribution is -2.24. The van der Waals surface area contributed by atoms with E-state index in [0.717, 1.165) is 5.56 Å². The van der Waals surface area contributed by atoms with Crippen LogP contribution in [0.15, 0.2) is 42.7 Å². The van der Waals surface area contributed by atoms with Gasteiger partial charge in [0.25, 0.3) is 0 Å². The van der Waals surface area contributed by atoms with Gasteiger partial charge in [-0.05, 0) is 37.1 Å². The highest BCUT2D eigenvalue weighted by atomic mass is 19.1. The molecule has 1 aromatic carbocycles. The second kappa shape index (κ2) is 5.07. The van der Waals surface area contributed by atoms with Crippen molar-refractivity contribution in [3.63, 3.8) is 0 Å². The average molecular weight is 255 g/mol. The van der Waals surface area contributed by atoms with E-state index in [1.807, 2.05) is 6.07 Å². The molecule has 1 heterocycles. The van der Waals surface area contributed by atoms with E-state index in [4.69, 9.17) is 5.73 Å². The number of hydrogen-bond donors (Lipinski definition) is 1. The minimum absolute atomic E-state index is 0.350. The smallest absolute Gasteiger partial charge is 0.130 e. The van der Waals surface area contributed by atoms with E-state index in [1.165, 1.54) is 6.07 Å². The Labute approximate surface area is 111 Å². The van der Waals surface area contributed by atoms with Crippen molar-refractivity contribution in [3.8, 4) is 6.07 Å². The molecule has 3 nitrogen and oxygen atoms in total. The van der Waals surface area contributed by atoms with Crippen molar-refractivity contribution < 1.29 is 4.39 Å². The van der Waals surface area contributed by atoms with Gasteiger partial charge in [-0.3, -0.25) is 4.98 Å². The summed E-state index contributed by atoms with van der Waals surface area (Å²) in [4.78, 5) is 4.01. The third-order valence-electron chi connectivity index (χ3n) is 3.11. The first-order chi connectivity index (χ1) is 9.05. The largest absolute Gasteiger partial charge is 0.399 e. The molecule has 0 fully saturated rings. The number of anilines is 1. The second-order valence-corrected chi connectivity index (χ2v) is 4.72. The number of pyridine rings is 1. The summed E-state index contributed by atoms with van der Waals surface area (Å²) < 4.78 is 14.0. The lowest BCUT2D eigenvalue weighted by Gasteiger charge is -2.22. The maximum atomic E-state index is 14.0. The van der Waals surface area contributed by atoms with Crippen molar-refractivity contribution in [2.24, 2.45) is 0 Å². The normalized spacial score (nSPS) is 13.5. The average Bonchev–Trinajstić information content (AvgIpc) is 2.39. The molecule has 0 bridgehead atoms. The van der Waals surface area contributed by atoms with Gasteiger partial charge in [-0.2, -0.15) is 5.26 Å². The van der Waals surface area contributed by atoms with Crippen molar-refractivity contribution in [1.29, 1.82) is 5.26 Å². The van der Waals surface area contributed by atoms with E-state index in [0.29, 0.717) is 17.7 Å². The van der Waals surface area contributed by atoms with Gasteiger partial charge in [-0.15, -0.1) is 0 Å². The first-order valence-corrected chi connectivity index (χ1v) is 5.91. The molecule has 0 radical (unpaired) electrons. The summed E-state index contributed by atoms with van der Waals surface area (Å²) in [6.45, 7) is 1.72. The highest BCUT2D eigenvalue weighted by molar-refractivity contribution is 5.45. The maximum Gasteiger partial charge on any atom is 0.130 e. The van der Waals surface area contributed by atoms with Gasteiger partial charge in [0, 0.05) is 23.6 Å². The van der Waals surface area contributed by atoms with E-state index in [2.05, 4.69) is 11.1 Å². The van der Waals surface area contributed by atoms with Crippen LogP contribution in [0.3, 0.4) is 0 Å². The van der Waals surface area contributed by atoms with Gasteiger partial charge < -0.3 is 5.73 Å². The third-order valence-corrected chi connectivity index (χ3v) is 3.11. The molecule has 0 aliphatic heterocycles. The van der Waals surface area contributed by atoms with Gasteiger partial charge in [-0.1, -0.05) is 12.1 Å². The Morgan fingerprint density at radius 3 is 2.79 bits per heavy atom. The monoisotopic (exact) mass is 255 g/mol. The number of nitrogens with two attached hydrogens (primary N) is 1. The molecule has 2 N–H and O–H groups in total. The van der Waals surface area contributed by atoms with Gasteiger partial charge in [0.1, 0.15) is 5.82 Å². The first kappa shape index (κ1) is 13.0. The van der Waals surface area contributed by atoms with Crippen molar-refractivity contribution in [1.82, 2.24) is 4.98 Å².